The molecule has 14 heavy (non-hydrogen) atoms. The lowest BCUT2D eigenvalue weighted by Crippen LogP contribution is -2.62. The van der Waals surface area contributed by atoms with Gasteiger partial charge >= 0.3 is 0 Å². The van der Waals surface area contributed by atoms with Crippen LogP contribution in [0.2, 0.25) is 0 Å². The van der Waals surface area contributed by atoms with E-state index in [4.69, 9.17) is 0 Å². The zero-order valence-electron chi connectivity index (χ0n) is 10.4. The molecule has 2 heteroatoms. The van der Waals surface area contributed by atoms with E-state index in [1.54, 1.807) is 0 Å². The summed E-state index contributed by atoms with van der Waals surface area (Å²) < 4.78 is 0. The highest BCUT2D eigenvalue weighted by Gasteiger charge is 2.32. The zero-order chi connectivity index (χ0) is 10.8. The zero-order valence-corrected chi connectivity index (χ0v) is 10.4. The van der Waals surface area contributed by atoms with E-state index in [2.05, 4.69) is 44.8 Å². The van der Waals surface area contributed by atoms with Crippen molar-refractivity contribution in [2.75, 3.05) is 19.6 Å². The average Bonchev–Trinajstić information content (AvgIpc) is 2.11. The molecule has 0 aromatic carbocycles. The first-order valence-corrected chi connectivity index (χ1v) is 5.96. The fourth-order valence-corrected chi connectivity index (χ4v) is 2.13. The fraction of sp³-hybridized carbons (Fsp3) is 1.00. The minimum Gasteiger partial charge on any atom is -0.309 e. The van der Waals surface area contributed by atoms with Crippen molar-refractivity contribution in [3.05, 3.63) is 0 Å². The van der Waals surface area contributed by atoms with Crippen LogP contribution in [0, 0.1) is 5.92 Å². The van der Waals surface area contributed by atoms with Crippen LogP contribution in [-0.4, -0.2) is 36.1 Å². The summed E-state index contributed by atoms with van der Waals surface area (Å²) in [6, 6.07) is 0.692. The van der Waals surface area contributed by atoms with Crippen LogP contribution in [0.1, 0.15) is 41.0 Å². The Balaban J connectivity index is 2.55. The second kappa shape index (κ2) is 4.63. The molecule has 1 N–H and O–H groups in total. The molecule has 0 aromatic rings. The van der Waals surface area contributed by atoms with Crippen LogP contribution in [0.25, 0.3) is 0 Å². The summed E-state index contributed by atoms with van der Waals surface area (Å²) >= 11 is 0. The van der Waals surface area contributed by atoms with Gasteiger partial charge in [-0.15, -0.1) is 0 Å². The average molecular weight is 198 g/mol. The highest BCUT2D eigenvalue weighted by Crippen LogP contribution is 2.19. The van der Waals surface area contributed by atoms with E-state index in [0.29, 0.717) is 11.6 Å². The lowest BCUT2D eigenvalue weighted by molar-refractivity contribution is 0.0825. The van der Waals surface area contributed by atoms with Gasteiger partial charge in [0, 0.05) is 31.2 Å². The maximum Gasteiger partial charge on any atom is 0.0278 e. The minimum absolute atomic E-state index is 0.335. The molecular formula is C12H26N2. The van der Waals surface area contributed by atoms with Gasteiger partial charge in [0.15, 0.2) is 0 Å². The third-order valence-corrected chi connectivity index (χ3v) is 3.38. The van der Waals surface area contributed by atoms with Gasteiger partial charge in [-0.05, 0) is 26.2 Å². The van der Waals surface area contributed by atoms with Crippen LogP contribution in [-0.2, 0) is 0 Å². The number of rotatable bonds is 3. The molecule has 2 unspecified atom stereocenters. The molecule has 2 atom stereocenters. The van der Waals surface area contributed by atoms with Crippen LogP contribution < -0.4 is 5.32 Å². The van der Waals surface area contributed by atoms with Crippen molar-refractivity contribution in [2.24, 2.45) is 5.92 Å². The van der Waals surface area contributed by atoms with Gasteiger partial charge in [0.1, 0.15) is 0 Å². The second-order valence-electron chi connectivity index (χ2n) is 5.47. The van der Waals surface area contributed by atoms with Crippen molar-refractivity contribution in [3.63, 3.8) is 0 Å². The molecule has 0 spiro atoms. The van der Waals surface area contributed by atoms with Crippen molar-refractivity contribution < 1.29 is 0 Å². The Morgan fingerprint density at radius 1 is 1.50 bits per heavy atom. The number of nitrogens with one attached hydrogen (secondary N) is 1. The van der Waals surface area contributed by atoms with Crippen molar-refractivity contribution in [2.45, 2.75) is 52.6 Å². The number of hydrogen-bond acceptors (Lipinski definition) is 2. The summed E-state index contributed by atoms with van der Waals surface area (Å²) in [5.41, 5.74) is 0.335. The van der Waals surface area contributed by atoms with Gasteiger partial charge in [-0.3, -0.25) is 4.90 Å². The van der Waals surface area contributed by atoms with Gasteiger partial charge in [0.25, 0.3) is 0 Å². The Bertz CT molecular complexity index is 179. The van der Waals surface area contributed by atoms with E-state index < -0.39 is 0 Å². The SMILES string of the molecule is CCC1(C)CN(CC(C)C)C(C)CN1. The van der Waals surface area contributed by atoms with Crippen molar-refractivity contribution in [3.8, 4) is 0 Å². The first kappa shape index (κ1) is 12.0. The van der Waals surface area contributed by atoms with Crippen LogP contribution in [0.5, 0.6) is 0 Å². The Kier molecular flexibility index (Phi) is 3.96. The molecule has 1 aliphatic rings. The lowest BCUT2D eigenvalue weighted by atomic mass is 9.93. The fourth-order valence-electron chi connectivity index (χ4n) is 2.13. The van der Waals surface area contributed by atoms with Crippen LogP contribution in [0.15, 0.2) is 0 Å². The number of piperazine rings is 1. The van der Waals surface area contributed by atoms with Crippen LogP contribution in [0.4, 0.5) is 0 Å². The number of nitrogens with zero attached hydrogens (tertiary/aromatic N) is 1. The molecule has 1 fully saturated rings. The highest BCUT2D eigenvalue weighted by atomic mass is 15.2. The second-order valence-corrected chi connectivity index (χ2v) is 5.47. The molecule has 0 bridgehead atoms. The summed E-state index contributed by atoms with van der Waals surface area (Å²) in [6.45, 7) is 15.1. The van der Waals surface area contributed by atoms with Crippen LogP contribution >= 0.6 is 0 Å². The predicted octanol–water partition coefficient (Wildman–Crippen LogP) is 2.10. The molecule has 2 nitrogen and oxygen atoms in total. The summed E-state index contributed by atoms with van der Waals surface area (Å²) in [5.74, 6) is 0.775. The Morgan fingerprint density at radius 2 is 2.14 bits per heavy atom. The maximum atomic E-state index is 3.66. The Hall–Kier alpha value is -0.0800. The first-order chi connectivity index (χ1) is 6.47. The molecule has 0 radical (unpaired) electrons. The highest BCUT2D eigenvalue weighted by molar-refractivity contribution is 4.93. The van der Waals surface area contributed by atoms with Gasteiger partial charge in [0.05, 0.1) is 0 Å². The molecule has 1 aliphatic heterocycles. The van der Waals surface area contributed by atoms with Gasteiger partial charge in [-0.1, -0.05) is 20.8 Å². The minimum atomic E-state index is 0.335. The van der Waals surface area contributed by atoms with E-state index in [0.717, 1.165) is 12.5 Å². The summed E-state index contributed by atoms with van der Waals surface area (Å²) in [7, 11) is 0. The third-order valence-electron chi connectivity index (χ3n) is 3.38. The van der Waals surface area contributed by atoms with Gasteiger partial charge < -0.3 is 5.32 Å². The van der Waals surface area contributed by atoms with Gasteiger partial charge in [-0.25, -0.2) is 0 Å². The third kappa shape index (κ3) is 2.96. The van der Waals surface area contributed by atoms with Crippen molar-refractivity contribution in [1.29, 1.82) is 0 Å². The summed E-state index contributed by atoms with van der Waals surface area (Å²) in [6.07, 6.45) is 1.22. The van der Waals surface area contributed by atoms with E-state index in [-0.39, 0.29) is 0 Å². The van der Waals surface area contributed by atoms with Crippen molar-refractivity contribution in [1.82, 2.24) is 10.2 Å². The monoisotopic (exact) mass is 198 g/mol. The Labute approximate surface area is 89.1 Å². The molecule has 1 rings (SSSR count). The molecule has 0 saturated carbocycles. The smallest absolute Gasteiger partial charge is 0.0278 e. The van der Waals surface area contributed by atoms with Gasteiger partial charge in [-0.2, -0.15) is 0 Å². The topological polar surface area (TPSA) is 15.3 Å². The molecule has 0 amide bonds. The molecule has 84 valence electrons. The lowest BCUT2D eigenvalue weighted by Gasteiger charge is -2.45. The van der Waals surface area contributed by atoms with E-state index in [1.165, 1.54) is 19.5 Å². The molecule has 0 aliphatic carbocycles. The molecule has 0 aromatic heterocycles. The quantitative estimate of drug-likeness (QED) is 0.747. The van der Waals surface area contributed by atoms with E-state index in [1.807, 2.05) is 0 Å². The van der Waals surface area contributed by atoms with Crippen molar-refractivity contribution >= 4 is 0 Å². The van der Waals surface area contributed by atoms with Gasteiger partial charge in [0.2, 0.25) is 0 Å². The Morgan fingerprint density at radius 3 is 2.64 bits per heavy atom. The van der Waals surface area contributed by atoms with E-state index in [9.17, 15) is 0 Å². The van der Waals surface area contributed by atoms with E-state index >= 15 is 0 Å². The predicted molar refractivity (Wildman–Crippen MR) is 62.6 cm³/mol. The summed E-state index contributed by atoms with van der Waals surface area (Å²) in [4.78, 5) is 2.63. The molecular weight excluding hydrogens is 172 g/mol. The standard InChI is InChI=1S/C12H26N2/c1-6-12(5)9-14(8-10(2)3)11(4)7-13-12/h10-11,13H,6-9H2,1-5H3. The summed E-state index contributed by atoms with van der Waals surface area (Å²) in [5, 5.41) is 3.66. The normalized spacial score (nSPS) is 35.1. The molecule has 1 saturated heterocycles. The first-order valence-electron chi connectivity index (χ1n) is 5.96. The maximum absolute atomic E-state index is 3.66. The number of hydrogen-bond donors (Lipinski definition) is 1. The largest absolute Gasteiger partial charge is 0.309 e. The van der Waals surface area contributed by atoms with Crippen LogP contribution in [0.3, 0.4) is 0 Å². The molecule has 1 heterocycles.